The molecule has 24 heavy (non-hydrogen) atoms. The summed E-state index contributed by atoms with van der Waals surface area (Å²) in [6, 6.07) is 7.75. The summed E-state index contributed by atoms with van der Waals surface area (Å²) in [4.78, 5) is 30.0. The zero-order valence-corrected chi connectivity index (χ0v) is 13.5. The lowest BCUT2D eigenvalue weighted by atomic mass is 10.1. The zero-order valence-electron chi connectivity index (χ0n) is 13.5. The normalized spacial score (nSPS) is 23.9. The lowest BCUT2D eigenvalue weighted by molar-refractivity contribution is 0.0617. The van der Waals surface area contributed by atoms with Crippen LogP contribution in [-0.2, 0) is 9.47 Å². The van der Waals surface area contributed by atoms with Crippen LogP contribution in [0.4, 0.5) is 10.5 Å². The second-order valence-corrected chi connectivity index (χ2v) is 6.32. The van der Waals surface area contributed by atoms with Crippen LogP contribution in [0.1, 0.15) is 10.4 Å². The maximum absolute atomic E-state index is 12.7. The van der Waals surface area contributed by atoms with Gasteiger partial charge in [-0.2, -0.15) is 0 Å². The van der Waals surface area contributed by atoms with Crippen LogP contribution in [0.2, 0.25) is 0 Å². The van der Waals surface area contributed by atoms with Gasteiger partial charge in [0.2, 0.25) is 0 Å². The van der Waals surface area contributed by atoms with Crippen molar-refractivity contribution >= 4 is 17.7 Å². The van der Waals surface area contributed by atoms with Crippen LogP contribution >= 0.6 is 0 Å². The summed E-state index contributed by atoms with van der Waals surface area (Å²) in [5.74, 6) is 0.0162. The third kappa shape index (κ3) is 2.80. The quantitative estimate of drug-likeness (QED) is 0.802. The highest BCUT2D eigenvalue weighted by Crippen LogP contribution is 2.21. The number of fused-ring (bicyclic) bond motifs is 1. The summed E-state index contributed by atoms with van der Waals surface area (Å²) in [5.41, 5.74) is 1.81. The molecular weight excluding hydrogens is 310 g/mol. The van der Waals surface area contributed by atoms with Gasteiger partial charge in [-0.05, 0) is 24.3 Å². The van der Waals surface area contributed by atoms with E-state index >= 15 is 0 Å². The van der Waals surface area contributed by atoms with Gasteiger partial charge in [-0.15, -0.1) is 0 Å². The Morgan fingerprint density at radius 3 is 2.54 bits per heavy atom. The van der Waals surface area contributed by atoms with Gasteiger partial charge in [0.25, 0.3) is 5.91 Å². The van der Waals surface area contributed by atoms with Gasteiger partial charge in [0.1, 0.15) is 6.61 Å². The molecule has 1 atom stereocenters. The summed E-state index contributed by atoms with van der Waals surface area (Å²) < 4.78 is 10.4. The van der Waals surface area contributed by atoms with Gasteiger partial charge in [0, 0.05) is 44.0 Å². The number of morpholine rings is 1. The van der Waals surface area contributed by atoms with E-state index < -0.39 is 0 Å². The molecule has 1 aromatic carbocycles. The number of rotatable bonds is 2. The van der Waals surface area contributed by atoms with Gasteiger partial charge in [-0.25, -0.2) is 4.79 Å². The minimum Gasteiger partial charge on any atom is -0.447 e. The van der Waals surface area contributed by atoms with Gasteiger partial charge < -0.3 is 19.3 Å². The third-order valence-corrected chi connectivity index (χ3v) is 4.89. The molecule has 0 saturated carbocycles. The molecule has 7 nitrogen and oxygen atoms in total. The van der Waals surface area contributed by atoms with Crippen molar-refractivity contribution in [2.75, 3.05) is 57.4 Å². The highest BCUT2D eigenvalue weighted by molar-refractivity contribution is 5.94. The fourth-order valence-electron chi connectivity index (χ4n) is 3.49. The fraction of sp³-hybridized carbons (Fsp3) is 0.529. The molecule has 3 saturated heterocycles. The molecule has 2 amide bonds. The van der Waals surface area contributed by atoms with Crippen LogP contribution in [0.15, 0.2) is 24.3 Å². The minimum absolute atomic E-state index is 0.0113. The average molecular weight is 331 g/mol. The van der Waals surface area contributed by atoms with E-state index in [0.717, 1.165) is 32.0 Å². The van der Waals surface area contributed by atoms with Crippen LogP contribution in [0.3, 0.4) is 0 Å². The van der Waals surface area contributed by atoms with Crippen LogP contribution in [-0.4, -0.2) is 80.4 Å². The maximum atomic E-state index is 12.7. The molecule has 3 heterocycles. The maximum Gasteiger partial charge on any atom is 0.410 e. The molecule has 4 rings (SSSR count). The van der Waals surface area contributed by atoms with Crippen molar-refractivity contribution in [2.45, 2.75) is 6.04 Å². The monoisotopic (exact) mass is 331 g/mol. The molecule has 1 aromatic rings. The lowest BCUT2D eigenvalue weighted by Gasteiger charge is -2.35. The Hall–Kier alpha value is -2.28. The summed E-state index contributed by atoms with van der Waals surface area (Å²) >= 11 is 0. The number of anilines is 1. The van der Waals surface area contributed by atoms with Crippen molar-refractivity contribution in [3.05, 3.63) is 29.8 Å². The van der Waals surface area contributed by atoms with Crippen LogP contribution in [0, 0.1) is 0 Å². The van der Waals surface area contributed by atoms with Crippen LogP contribution < -0.4 is 4.90 Å². The number of amides is 2. The number of benzene rings is 1. The summed E-state index contributed by atoms with van der Waals surface area (Å²) in [5, 5.41) is 0. The van der Waals surface area contributed by atoms with E-state index in [1.807, 2.05) is 29.2 Å². The molecule has 0 N–H and O–H groups in total. The zero-order chi connectivity index (χ0) is 16.5. The Kier molecular flexibility index (Phi) is 4.02. The largest absolute Gasteiger partial charge is 0.447 e. The highest BCUT2D eigenvalue weighted by Gasteiger charge is 2.38. The van der Waals surface area contributed by atoms with E-state index in [4.69, 9.17) is 9.47 Å². The Morgan fingerprint density at radius 2 is 1.79 bits per heavy atom. The number of hydrogen-bond acceptors (Lipinski definition) is 5. The number of carbonyl (C=O) groups is 2. The van der Waals surface area contributed by atoms with E-state index in [1.165, 1.54) is 0 Å². The molecule has 0 unspecified atom stereocenters. The molecule has 128 valence electrons. The standard InChI is InChI=1S/C17H21N3O4/c21-16(19-5-6-20-15(11-19)12-24-17(20)22)13-1-3-14(4-2-13)18-7-9-23-10-8-18/h1-4,15H,5-12H2/t15-/m0/s1. The van der Waals surface area contributed by atoms with Gasteiger partial charge >= 0.3 is 6.09 Å². The Balaban J connectivity index is 1.42. The van der Waals surface area contributed by atoms with Crippen molar-refractivity contribution in [2.24, 2.45) is 0 Å². The van der Waals surface area contributed by atoms with Gasteiger partial charge in [-0.1, -0.05) is 0 Å². The smallest absolute Gasteiger partial charge is 0.410 e. The fourth-order valence-corrected chi connectivity index (χ4v) is 3.49. The van der Waals surface area contributed by atoms with E-state index in [1.54, 1.807) is 4.90 Å². The first-order valence-electron chi connectivity index (χ1n) is 8.38. The van der Waals surface area contributed by atoms with Crippen molar-refractivity contribution in [1.29, 1.82) is 0 Å². The first kappa shape index (κ1) is 15.3. The Morgan fingerprint density at radius 1 is 1.04 bits per heavy atom. The molecule has 3 fully saturated rings. The van der Waals surface area contributed by atoms with E-state index in [0.29, 0.717) is 31.8 Å². The molecule has 7 heteroatoms. The Bertz CT molecular complexity index is 627. The number of piperazine rings is 1. The van der Waals surface area contributed by atoms with E-state index in [9.17, 15) is 9.59 Å². The van der Waals surface area contributed by atoms with Crippen molar-refractivity contribution < 1.29 is 19.1 Å². The molecule has 0 spiro atoms. The number of ether oxygens (including phenoxy) is 2. The third-order valence-electron chi connectivity index (χ3n) is 4.89. The molecular formula is C17H21N3O4. The van der Waals surface area contributed by atoms with E-state index in [2.05, 4.69) is 4.90 Å². The summed E-state index contributed by atoms with van der Waals surface area (Å²) in [6.07, 6.45) is -0.262. The molecule has 3 aliphatic rings. The average Bonchev–Trinajstić information content (AvgIpc) is 3.02. The Labute approximate surface area is 140 Å². The van der Waals surface area contributed by atoms with Crippen molar-refractivity contribution in [3.8, 4) is 0 Å². The van der Waals surface area contributed by atoms with E-state index in [-0.39, 0.29) is 18.0 Å². The number of hydrogen-bond donors (Lipinski definition) is 0. The molecule has 0 aromatic heterocycles. The minimum atomic E-state index is -0.262. The van der Waals surface area contributed by atoms with Crippen LogP contribution in [0.5, 0.6) is 0 Å². The highest BCUT2D eigenvalue weighted by atomic mass is 16.6. The first-order valence-corrected chi connectivity index (χ1v) is 8.38. The lowest BCUT2D eigenvalue weighted by Crippen LogP contribution is -2.53. The predicted octanol–water partition coefficient (Wildman–Crippen LogP) is 0.800. The molecule has 0 aliphatic carbocycles. The number of carbonyl (C=O) groups excluding carboxylic acids is 2. The summed E-state index contributed by atoms with van der Waals surface area (Å²) in [7, 11) is 0. The topological polar surface area (TPSA) is 62.3 Å². The second-order valence-electron chi connectivity index (χ2n) is 6.32. The first-order chi connectivity index (χ1) is 11.7. The molecule has 3 aliphatic heterocycles. The summed E-state index contributed by atoms with van der Waals surface area (Å²) in [6.45, 7) is 5.25. The van der Waals surface area contributed by atoms with Crippen molar-refractivity contribution in [3.63, 3.8) is 0 Å². The number of cyclic esters (lactones) is 1. The van der Waals surface area contributed by atoms with Crippen molar-refractivity contribution in [1.82, 2.24) is 9.80 Å². The second kappa shape index (κ2) is 6.32. The molecule has 0 radical (unpaired) electrons. The van der Waals surface area contributed by atoms with Crippen LogP contribution in [0.25, 0.3) is 0 Å². The molecule has 0 bridgehead atoms. The van der Waals surface area contributed by atoms with Gasteiger partial charge in [0.15, 0.2) is 0 Å². The van der Waals surface area contributed by atoms with Gasteiger partial charge in [0.05, 0.1) is 19.3 Å². The number of nitrogens with zero attached hydrogens (tertiary/aromatic N) is 3. The predicted molar refractivity (Wildman–Crippen MR) is 87.2 cm³/mol. The van der Waals surface area contributed by atoms with Gasteiger partial charge in [-0.3, -0.25) is 9.69 Å². The SMILES string of the molecule is O=C(c1ccc(N2CCOCC2)cc1)N1CCN2C(=O)OC[C@@H]2C1.